The summed E-state index contributed by atoms with van der Waals surface area (Å²) < 4.78 is 34.9. The van der Waals surface area contributed by atoms with Crippen molar-refractivity contribution in [2.24, 2.45) is 0 Å². The van der Waals surface area contributed by atoms with E-state index in [1.807, 2.05) is 30.3 Å². The van der Waals surface area contributed by atoms with Crippen molar-refractivity contribution in [1.82, 2.24) is 0 Å². The van der Waals surface area contributed by atoms with Gasteiger partial charge >= 0.3 is 10.3 Å². The highest BCUT2D eigenvalue weighted by atomic mass is 32.2. The molecule has 18 heavy (non-hydrogen) atoms. The van der Waals surface area contributed by atoms with E-state index in [-0.39, 0.29) is 5.75 Å². The molecule has 0 aromatic heterocycles. The molecule has 1 N–H and O–H groups in total. The van der Waals surface area contributed by atoms with Gasteiger partial charge in [0.25, 0.3) is 0 Å². The van der Waals surface area contributed by atoms with Crippen molar-refractivity contribution in [3.8, 4) is 17.2 Å². The molecule has 92 valence electrons. The van der Waals surface area contributed by atoms with Crippen LogP contribution in [0.1, 0.15) is 0 Å². The SMILES string of the molecule is O=S1(=O)Nc2cc(Oc3ccccc3)ccc2O1. The number of hydrogen-bond acceptors (Lipinski definition) is 4. The molecule has 5 nitrogen and oxygen atoms in total. The van der Waals surface area contributed by atoms with Crippen LogP contribution in [0.25, 0.3) is 0 Å². The molecular formula is C12H9NO4S. The summed E-state index contributed by atoms with van der Waals surface area (Å²) in [7, 11) is -3.70. The van der Waals surface area contributed by atoms with E-state index in [2.05, 4.69) is 4.72 Å². The summed E-state index contributed by atoms with van der Waals surface area (Å²) in [5, 5.41) is 0. The molecule has 1 aliphatic rings. The fourth-order valence-corrected chi connectivity index (χ4v) is 2.48. The molecule has 0 aliphatic carbocycles. The summed E-state index contributed by atoms with van der Waals surface area (Å²) in [4.78, 5) is 0. The van der Waals surface area contributed by atoms with Crippen molar-refractivity contribution in [2.75, 3.05) is 4.72 Å². The minimum atomic E-state index is -3.70. The van der Waals surface area contributed by atoms with E-state index in [0.717, 1.165) is 0 Å². The Balaban J connectivity index is 1.89. The van der Waals surface area contributed by atoms with Crippen LogP contribution in [-0.2, 0) is 10.3 Å². The van der Waals surface area contributed by atoms with Gasteiger partial charge in [0.2, 0.25) is 0 Å². The van der Waals surface area contributed by atoms with Gasteiger partial charge in [-0.25, -0.2) is 4.72 Å². The third-order valence-corrected chi connectivity index (χ3v) is 3.23. The molecule has 0 saturated heterocycles. The summed E-state index contributed by atoms with van der Waals surface area (Å²) >= 11 is 0. The predicted molar refractivity (Wildman–Crippen MR) is 66.1 cm³/mol. The number of hydrogen-bond donors (Lipinski definition) is 1. The number of ether oxygens (including phenoxy) is 1. The fraction of sp³-hybridized carbons (Fsp3) is 0. The quantitative estimate of drug-likeness (QED) is 0.904. The minimum Gasteiger partial charge on any atom is -0.457 e. The van der Waals surface area contributed by atoms with Gasteiger partial charge in [0.15, 0.2) is 5.75 Å². The molecule has 0 radical (unpaired) electrons. The van der Waals surface area contributed by atoms with Gasteiger partial charge in [-0.1, -0.05) is 18.2 Å². The van der Waals surface area contributed by atoms with Gasteiger partial charge in [-0.2, -0.15) is 8.42 Å². The minimum absolute atomic E-state index is 0.274. The predicted octanol–water partition coefficient (Wildman–Crippen LogP) is 2.53. The molecule has 2 aromatic carbocycles. The van der Waals surface area contributed by atoms with Crippen molar-refractivity contribution in [2.45, 2.75) is 0 Å². The lowest BCUT2D eigenvalue weighted by Crippen LogP contribution is -2.10. The molecule has 1 aliphatic heterocycles. The van der Waals surface area contributed by atoms with E-state index in [1.54, 1.807) is 18.2 Å². The van der Waals surface area contributed by atoms with Crippen molar-refractivity contribution >= 4 is 16.0 Å². The average molecular weight is 263 g/mol. The highest BCUT2D eigenvalue weighted by Crippen LogP contribution is 2.36. The van der Waals surface area contributed by atoms with Gasteiger partial charge in [0.05, 0.1) is 5.69 Å². The first-order valence-corrected chi connectivity index (χ1v) is 6.62. The van der Waals surface area contributed by atoms with Gasteiger partial charge in [0, 0.05) is 6.07 Å². The van der Waals surface area contributed by atoms with Crippen LogP contribution < -0.4 is 13.6 Å². The smallest absolute Gasteiger partial charge is 0.407 e. The maximum absolute atomic E-state index is 11.2. The average Bonchev–Trinajstić information content (AvgIpc) is 2.63. The third-order valence-electron chi connectivity index (χ3n) is 2.36. The first-order valence-electron chi connectivity index (χ1n) is 5.22. The van der Waals surface area contributed by atoms with Crippen LogP contribution in [0.3, 0.4) is 0 Å². The largest absolute Gasteiger partial charge is 0.457 e. The number of nitrogens with one attached hydrogen (secondary N) is 1. The van der Waals surface area contributed by atoms with E-state index >= 15 is 0 Å². The molecular weight excluding hydrogens is 254 g/mol. The zero-order valence-corrected chi connectivity index (χ0v) is 9.98. The molecule has 0 spiro atoms. The lowest BCUT2D eigenvalue weighted by atomic mass is 10.3. The third kappa shape index (κ3) is 2.10. The number of benzene rings is 2. The van der Waals surface area contributed by atoms with Crippen LogP contribution >= 0.6 is 0 Å². The maximum Gasteiger partial charge on any atom is 0.407 e. The molecule has 2 aromatic rings. The number of fused-ring (bicyclic) bond motifs is 1. The molecule has 0 fully saturated rings. The van der Waals surface area contributed by atoms with Gasteiger partial charge in [0.1, 0.15) is 11.5 Å². The lowest BCUT2D eigenvalue weighted by Gasteiger charge is -2.05. The highest BCUT2D eigenvalue weighted by molar-refractivity contribution is 7.88. The Morgan fingerprint density at radius 3 is 2.56 bits per heavy atom. The Morgan fingerprint density at radius 1 is 1.00 bits per heavy atom. The Morgan fingerprint density at radius 2 is 1.78 bits per heavy atom. The molecule has 0 bridgehead atoms. The van der Waals surface area contributed by atoms with Crippen LogP contribution in [0.2, 0.25) is 0 Å². The second kappa shape index (κ2) is 3.92. The van der Waals surface area contributed by atoms with E-state index in [0.29, 0.717) is 17.2 Å². The summed E-state index contributed by atoms with van der Waals surface area (Å²) in [6.45, 7) is 0. The Kier molecular flexibility index (Phi) is 2.38. The number of rotatable bonds is 2. The van der Waals surface area contributed by atoms with Crippen LogP contribution in [0.15, 0.2) is 48.5 Å². The number of anilines is 1. The molecule has 0 unspecified atom stereocenters. The van der Waals surface area contributed by atoms with E-state index in [9.17, 15) is 8.42 Å². The van der Waals surface area contributed by atoms with Gasteiger partial charge in [-0.15, -0.1) is 0 Å². The zero-order chi connectivity index (χ0) is 12.6. The normalized spacial score (nSPS) is 15.3. The first-order chi connectivity index (χ1) is 8.62. The molecule has 3 rings (SSSR count). The van der Waals surface area contributed by atoms with Crippen molar-refractivity contribution in [3.05, 3.63) is 48.5 Å². The van der Waals surface area contributed by atoms with E-state index in [1.165, 1.54) is 0 Å². The summed E-state index contributed by atoms with van der Waals surface area (Å²) in [6.07, 6.45) is 0. The number of para-hydroxylation sites is 1. The lowest BCUT2D eigenvalue weighted by molar-refractivity contribution is 0.480. The first kappa shape index (κ1) is 10.9. The van der Waals surface area contributed by atoms with Crippen molar-refractivity contribution in [1.29, 1.82) is 0 Å². The van der Waals surface area contributed by atoms with Crippen molar-refractivity contribution in [3.63, 3.8) is 0 Å². The monoisotopic (exact) mass is 263 g/mol. The van der Waals surface area contributed by atoms with Crippen LogP contribution in [0.5, 0.6) is 17.2 Å². The van der Waals surface area contributed by atoms with Gasteiger partial charge in [-0.05, 0) is 24.3 Å². The summed E-state index contributed by atoms with van der Waals surface area (Å²) in [6, 6.07) is 14.0. The van der Waals surface area contributed by atoms with Gasteiger partial charge in [-0.3, -0.25) is 0 Å². The second-order valence-corrected chi connectivity index (χ2v) is 4.99. The highest BCUT2D eigenvalue weighted by Gasteiger charge is 2.25. The van der Waals surface area contributed by atoms with Crippen molar-refractivity contribution < 1.29 is 17.3 Å². The zero-order valence-electron chi connectivity index (χ0n) is 9.16. The second-order valence-electron chi connectivity index (χ2n) is 3.71. The summed E-state index contributed by atoms with van der Waals surface area (Å²) in [5.41, 5.74) is 0.378. The Hall–Kier alpha value is -2.21. The molecule has 1 heterocycles. The van der Waals surface area contributed by atoms with Crippen LogP contribution in [0, 0.1) is 0 Å². The van der Waals surface area contributed by atoms with Gasteiger partial charge < -0.3 is 8.92 Å². The maximum atomic E-state index is 11.2. The van der Waals surface area contributed by atoms with Crippen LogP contribution in [0.4, 0.5) is 5.69 Å². The molecule has 0 atom stereocenters. The molecule has 0 saturated carbocycles. The van der Waals surface area contributed by atoms with E-state index < -0.39 is 10.3 Å². The summed E-state index contributed by atoms with van der Waals surface area (Å²) in [5.74, 6) is 1.49. The Bertz CT molecular complexity index is 682. The van der Waals surface area contributed by atoms with Crippen LogP contribution in [-0.4, -0.2) is 8.42 Å². The topological polar surface area (TPSA) is 64.6 Å². The Labute approximate surface area is 104 Å². The standard InChI is InChI=1S/C12H9NO4S/c14-18(15)13-11-8-10(6-7-12(11)17-18)16-9-4-2-1-3-5-9/h1-8,13H. The fourth-order valence-electron chi connectivity index (χ4n) is 1.62. The molecule has 0 amide bonds. The van der Waals surface area contributed by atoms with E-state index in [4.69, 9.17) is 8.92 Å². The molecule has 6 heteroatoms.